The van der Waals surface area contributed by atoms with Gasteiger partial charge in [0, 0.05) is 19.4 Å². The highest BCUT2D eigenvalue weighted by molar-refractivity contribution is 7.12. The van der Waals surface area contributed by atoms with E-state index >= 15 is 0 Å². The van der Waals surface area contributed by atoms with E-state index < -0.39 is 0 Å². The van der Waals surface area contributed by atoms with Crippen molar-refractivity contribution in [3.8, 4) is 11.5 Å². The highest BCUT2D eigenvalue weighted by atomic mass is 32.1. The van der Waals surface area contributed by atoms with E-state index in [0.29, 0.717) is 13.2 Å². The molecule has 0 saturated carbocycles. The average molecular weight is 371 g/mol. The summed E-state index contributed by atoms with van der Waals surface area (Å²) in [6, 6.07) is 9.65. The van der Waals surface area contributed by atoms with Crippen LogP contribution in [-0.2, 0) is 4.79 Å². The molecule has 1 fully saturated rings. The summed E-state index contributed by atoms with van der Waals surface area (Å²) in [7, 11) is 0. The van der Waals surface area contributed by atoms with Gasteiger partial charge in [-0.15, -0.1) is 11.3 Å². The van der Waals surface area contributed by atoms with Crippen LogP contribution in [0.15, 0.2) is 35.7 Å². The van der Waals surface area contributed by atoms with Crippen LogP contribution in [0.4, 0.5) is 0 Å². The number of thiophene rings is 1. The lowest BCUT2D eigenvalue weighted by Crippen LogP contribution is -2.30. The van der Waals surface area contributed by atoms with Crippen LogP contribution < -0.4 is 9.47 Å². The summed E-state index contributed by atoms with van der Waals surface area (Å²) >= 11 is 1.43. The molecule has 0 aliphatic carbocycles. The third-order valence-electron chi connectivity index (χ3n) is 4.89. The summed E-state index contributed by atoms with van der Waals surface area (Å²) in [5, 5.41) is 1.88. The van der Waals surface area contributed by atoms with Crippen molar-refractivity contribution in [3.05, 3.63) is 46.2 Å². The number of hydrogen-bond acceptors (Lipinski definition) is 5. The predicted molar refractivity (Wildman–Crippen MR) is 99.0 cm³/mol. The van der Waals surface area contributed by atoms with Gasteiger partial charge in [0.05, 0.1) is 10.9 Å². The van der Waals surface area contributed by atoms with Crippen molar-refractivity contribution >= 4 is 23.0 Å². The largest absolute Gasteiger partial charge is 0.486 e. The summed E-state index contributed by atoms with van der Waals surface area (Å²) in [6.07, 6.45) is 2.44. The first-order valence-corrected chi connectivity index (χ1v) is 9.86. The minimum Gasteiger partial charge on any atom is -0.486 e. The Morgan fingerprint density at radius 3 is 2.77 bits per heavy atom. The Labute approximate surface area is 156 Å². The average Bonchev–Trinajstić information content (AvgIpc) is 3.37. The predicted octanol–water partition coefficient (Wildman–Crippen LogP) is 3.85. The SMILES string of the molecule is O=C(CCC(=O)N1CCCC1c1ccc2c(c1)OCCO2)c1cccs1. The summed E-state index contributed by atoms with van der Waals surface area (Å²) in [6.45, 7) is 1.86. The normalized spacial score (nSPS) is 18.8. The van der Waals surface area contributed by atoms with Gasteiger partial charge in [0.25, 0.3) is 0 Å². The van der Waals surface area contributed by atoms with E-state index in [4.69, 9.17) is 9.47 Å². The Morgan fingerprint density at radius 1 is 1.12 bits per heavy atom. The minimum absolute atomic E-state index is 0.0448. The number of benzene rings is 1. The van der Waals surface area contributed by atoms with E-state index in [1.807, 2.05) is 40.6 Å². The molecule has 1 unspecified atom stereocenters. The topological polar surface area (TPSA) is 55.8 Å². The van der Waals surface area contributed by atoms with Gasteiger partial charge in [-0.05, 0) is 42.0 Å². The molecule has 3 heterocycles. The summed E-state index contributed by atoms with van der Waals surface area (Å²) in [5.74, 6) is 1.61. The van der Waals surface area contributed by atoms with E-state index in [-0.39, 0.29) is 30.6 Å². The summed E-state index contributed by atoms with van der Waals surface area (Å²) in [5.41, 5.74) is 1.07. The zero-order chi connectivity index (χ0) is 17.9. The first kappa shape index (κ1) is 17.1. The number of fused-ring (bicyclic) bond motifs is 1. The lowest BCUT2D eigenvalue weighted by molar-refractivity contribution is -0.132. The van der Waals surface area contributed by atoms with Gasteiger partial charge in [-0.1, -0.05) is 12.1 Å². The molecular formula is C20H21NO4S. The number of amides is 1. The molecule has 1 amide bonds. The van der Waals surface area contributed by atoms with Gasteiger partial charge in [-0.25, -0.2) is 0 Å². The lowest BCUT2D eigenvalue weighted by atomic mass is 10.0. The van der Waals surface area contributed by atoms with Crippen molar-refractivity contribution in [3.63, 3.8) is 0 Å². The number of likely N-dealkylation sites (tertiary alicyclic amines) is 1. The van der Waals surface area contributed by atoms with Crippen molar-refractivity contribution < 1.29 is 19.1 Å². The van der Waals surface area contributed by atoms with Gasteiger partial charge >= 0.3 is 0 Å². The Kier molecular flexibility index (Phi) is 4.93. The van der Waals surface area contributed by atoms with Gasteiger partial charge < -0.3 is 14.4 Å². The number of Topliss-reactive ketones (excluding diaryl/α,β-unsaturated/α-hetero) is 1. The van der Waals surface area contributed by atoms with E-state index in [1.54, 1.807) is 0 Å². The molecular weight excluding hydrogens is 350 g/mol. The fraction of sp³-hybridized carbons (Fsp3) is 0.400. The van der Waals surface area contributed by atoms with Crippen molar-refractivity contribution in [2.45, 2.75) is 31.7 Å². The molecule has 2 aromatic rings. The third kappa shape index (κ3) is 3.46. The van der Waals surface area contributed by atoms with E-state index in [2.05, 4.69) is 0 Å². The lowest BCUT2D eigenvalue weighted by Gasteiger charge is -2.26. The fourth-order valence-corrected chi connectivity index (χ4v) is 4.30. The van der Waals surface area contributed by atoms with Crippen LogP contribution in [0.25, 0.3) is 0 Å². The first-order valence-electron chi connectivity index (χ1n) is 8.98. The van der Waals surface area contributed by atoms with Gasteiger partial charge in [0.1, 0.15) is 13.2 Å². The number of ether oxygens (including phenoxy) is 2. The van der Waals surface area contributed by atoms with E-state index in [9.17, 15) is 9.59 Å². The number of nitrogens with zero attached hydrogens (tertiary/aromatic N) is 1. The fourth-order valence-electron chi connectivity index (χ4n) is 3.60. The molecule has 0 spiro atoms. The zero-order valence-electron chi connectivity index (χ0n) is 14.5. The number of rotatable bonds is 5. The standard InChI is InChI=1S/C20H21NO4S/c22-16(19-4-2-12-26-19)6-8-20(23)21-9-1-3-15(21)14-5-7-17-18(13-14)25-11-10-24-17/h2,4-5,7,12-13,15H,1,3,6,8-11H2. The molecule has 1 aromatic carbocycles. The van der Waals surface area contributed by atoms with Crippen LogP contribution in [0.2, 0.25) is 0 Å². The van der Waals surface area contributed by atoms with Gasteiger partial charge in [0.2, 0.25) is 5.91 Å². The number of carbonyl (C=O) groups excluding carboxylic acids is 2. The minimum atomic E-state index is 0.0448. The molecule has 0 N–H and O–H groups in total. The molecule has 2 aliphatic heterocycles. The summed E-state index contributed by atoms with van der Waals surface area (Å²) < 4.78 is 11.2. The quantitative estimate of drug-likeness (QED) is 0.749. The molecule has 0 radical (unpaired) electrons. The molecule has 1 saturated heterocycles. The van der Waals surface area contributed by atoms with Crippen molar-refractivity contribution in [1.29, 1.82) is 0 Å². The van der Waals surface area contributed by atoms with Crippen molar-refractivity contribution in [2.24, 2.45) is 0 Å². The van der Waals surface area contributed by atoms with Crippen molar-refractivity contribution in [2.75, 3.05) is 19.8 Å². The Morgan fingerprint density at radius 2 is 1.96 bits per heavy atom. The third-order valence-corrected chi connectivity index (χ3v) is 5.80. The molecule has 136 valence electrons. The second-order valence-corrected chi connectivity index (χ2v) is 7.50. The maximum Gasteiger partial charge on any atom is 0.223 e. The van der Waals surface area contributed by atoms with Crippen LogP contribution >= 0.6 is 11.3 Å². The molecule has 2 aliphatic rings. The second kappa shape index (κ2) is 7.50. The maximum atomic E-state index is 12.7. The highest BCUT2D eigenvalue weighted by Crippen LogP contribution is 2.38. The van der Waals surface area contributed by atoms with Crippen LogP contribution in [-0.4, -0.2) is 36.3 Å². The molecule has 26 heavy (non-hydrogen) atoms. The molecule has 6 heteroatoms. The number of carbonyl (C=O) groups is 2. The van der Waals surface area contributed by atoms with Crippen LogP contribution in [0.3, 0.4) is 0 Å². The number of ketones is 1. The molecule has 5 nitrogen and oxygen atoms in total. The number of hydrogen-bond donors (Lipinski definition) is 0. The molecule has 0 bridgehead atoms. The summed E-state index contributed by atoms with van der Waals surface area (Å²) in [4.78, 5) is 27.5. The molecule has 1 atom stereocenters. The monoisotopic (exact) mass is 371 g/mol. The maximum absolute atomic E-state index is 12.7. The molecule has 1 aromatic heterocycles. The van der Waals surface area contributed by atoms with Gasteiger partial charge in [0.15, 0.2) is 17.3 Å². The molecule has 4 rings (SSSR count). The highest BCUT2D eigenvalue weighted by Gasteiger charge is 2.31. The Bertz CT molecular complexity index is 802. The second-order valence-electron chi connectivity index (χ2n) is 6.55. The first-order chi connectivity index (χ1) is 12.7. The van der Waals surface area contributed by atoms with Gasteiger partial charge in [-0.3, -0.25) is 9.59 Å². The van der Waals surface area contributed by atoms with Crippen LogP contribution in [0.5, 0.6) is 11.5 Å². The van der Waals surface area contributed by atoms with Crippen molar-refractivity contribution in [1.82, 2.24) is 4.90 Å². The van der Waals surface area contributed by atoms with Crippen LogP contribution in [0.1, 0.15) is 47.0 Å². The van der Waals surface area contributed by atoms with Crippen LogP contribution in [0, 0.1) is 0 Å². The Hall–Kier alpha value is -2.34. The smallest absolute Gasteiger partial charge is 0.223 e. The van der Waals surface area contributed by atoms with Gasteiger partial charge in [-0.2, -0.15) is 0 Å². The van der Waals surface area contributed by atoms with E-state index in [1.165, 1.54) is 11.3 Å². The zero-order valence-corrected chi connectivity index (χ0v) is 15.3. The Balaban J connectivity index is 1.43. The van der Waals surface area contributed by atoms with E-state index in [0.717, 1.165) is 41.3 Å².